The fourth-order valence-electron chi connectivity index (χ4n) is 3.35. The lowest BCUT2D eigenvalue weighted by Gasteiger charge is -2.48. The molecule has 1 heterocycles. The van der Waals surface area contributed by atoms with Gasteiger partial charge in [0.15, 0.2) is 0 Å². The predicted molar refractivity (Wildman–Crippen MR) is 82.0 cm³/mol. The standard InChI is InChI=1S/C16H22ClFN2/c1-3-13-9-19-16(2,11-4-5-11)10-20(13)15-7-6-12(18)8-14(15)17/h6-8,11,13,19H,3-5,9-10H2,1-2H3. The van der Waals surface area contributed by atoms with Crippen molar-refractivity contribution in [3.8, 4) is 0 Å². The van der Waals surface area contributed by atoms with Crippen LogP contribution in [0.15, 0.2) is 18.2 Å². The number of nitrogens with zero attached hydrogens (tertiary/aromatic N) is 1. The summed E-state index contributed by atoms with van der Waals surface area (Å²) in [6, 6.07) is 5.16. The number of hydrogen-bond acceptors (Lipinski definition) is 2. The van der Waals surface area contributed by atoms with E-state index >= 15 is 0 Å². The predicted octanol–water partition coefficient (Wildman–Crippen LogP) is 3.84. The zero-order chi connectivity index (χ0) is 14.3. The first-order valence-corrected chi connectivity index (χ1v) is 7.88. The minimum Gasteiger partial charge on any atom is -0.364 e. The molecule has 2 aliphatic rings. The average molecular weight is 297 g/mol. The van der Waals surface area contributed by atoms with Crippen molar-refractivity contribution in [3.05, 3.63) is 29.0 Å². The third-order valence-electron chi connectivity index (χ3n) is 4.85. The number of piperazine rings is 1. The first-order valence-electron chi connectivity index (χ1n) is 7.50. The molecule has 2 fully saturated rings. The Morgan fingerprint density at radius 3 is 2.80 bits per heavy atom. The summed E-state index contributed by atoms with van der Waals surface area (Å²) in [7, 11) is 0. The van der Waals surface area contributed by atoms with Crippen LogP contribution in [0, 0.1) is 11.7 Å². The molecule has 1 saturated heterocycles. The van der Waals surface area contributed by atoms with E-state index in [1.54, 1.807) is 0 Å². The van der Waals surface area contributed by atoms with Crippen molar-refractivity contribution in [1.82, 2.24) is 5.32 Å². The first-order chi connectivity index (χ1) is 9.53. The molecular formula is C16H22ClFN2. The highest BCUT2D eigenvalue weighted by Gasteiger charge is 2.46. The number of nitrogens with one attached hydrogen (secondary N) is 1. The maximum Gasteiger partial charge on any atom is 0.124 e. The molecule has 1 saturated carbocycles. The Labute approximate surface area is 125 Å². The highest BCUT2D eigenvalue weighted by atomic mass is 35.5. The van der Waals surface area contributed by atoms with Gasteiger partial charge in [0.2, 0.25) is 0 Å². The van der Waals surface area contributed by atoms with Gasteiger partial charge in [0.1, 0.15) is 5.82 Å². The summed E-state index contributed by atoms with van der Waals surface area (Å²) < 4.78 is 13.3. The van der Waals surface area contributed by atoms with E-state index in [4.69, 9.17) is 11.6 Å². The molecule has 0 amide bonds. The summed E-state index contributed by atoms with van der Waals surface area (Å²) >= 11 is 6.27. The summed E-state index contributed by atoms with van der Waals surface area (Å²) in [5.41, 5.74) is 1.12. The fraction of sp³-hybridized carbons (Fsp3) is 0.625. The Morgan fingerprint density at radius 2 is 2.20 bits per heavy atom. The molecule has 20 heavy (non-hydrogen) atoms. The van der Waals surface area contributed by atoms with E-state index in [2.05, 4.69) is 24.1 Å². The van der Waals surface area contributed by atoms with Crippen molar-refractivity contribution >= 4 is 17.3 Å². The lowest BCUT2D eigenvalue weighted by molar-refractivity contribution is 0.252. The molecule has 4 heteroatoms. The van der Waals surface area contributed by atoms with Crippen molar-refractivity contribution in [2.24, 2.45) is 5.92 Å². The van der Waals surface area contributed by atoms with Crippen LogP contribution in [0.1, 0.15) is 33.1 Å². The highest BCUT2D eigenvalue weighted by Crippen LogP contribution is 2.43. The summed E-state index contributed by atoms with van der Waals surface area (Å²) in [6.07, 6.45) is 3.68. The highest BCUT2D eigenvalue weighted by molar-refractivity contribution is 6.33. The normalized spacial score (nSPS) is 30.6. The van der Waals surface area contributed by atoms with Gasteiger partial charge in [0, 0.05) is 24.7 Å². The van der Waals surface area contributed by atoms with E-state index in [1.165, 1.54) is 25.0 Å². The van der Waals surface area contributed by atoms with Gasteiger partial charge in [-0.05, 0) is 50.3 Å². The quantitative estimate of drug-likeness (QED) is 0.912. The van der Waals surface area contributed by atoms with Crippen LogP contribution in [-0.4, -0.2) is 24.7 Å². The van der Waals surface area contributed by atoms with Crippen LogP contribution in [0.4, 0.5) is 10.1 Å². The summed E-state index contributed by atoms with van der Waals surface area (Å²) in [6.45, 7) is 6.41. The molecule has 2 unspecified atom stereocenters. The van der Waals surface area contributed by atoms with E-state index in [0.29, 0.717) is 11.1 Å². The molecule has 0 radical (unpaired) electrons. The molecule has 1 aromatic rings. The minimum atomic E-state index is -0.271. The third-order valence-corrected chi connectivity index (χ3v) is 5.15. The second kappa shape index (κ2) is 5.19. The van der Waals surface area contributed by atoms with Crippen LogP contribution < -0.4 is 10.2 Å². The maximum atomic E-state index is 13.3. The van der Waals surface area contributed by atoms with Gasteiger partial charge >= 0.3 is 0 Å². The van der Waals surface area contributed by atoms with Gasteiger partial charge in [-0.25, -0.2) is 4.39 Å². The second-order valence-electron chi connectivity index (χ2n) is 6.36. The SMILES string of the molecule is CCC1CNC(C)(C2CC2)CN1c1ccc(F)cc1Cl. The van der Waals surface area contributed by atoms with Gasteiger partial charge in [0.05, 0.1) is 10.7 Å². The Bertz CT molecular complexity index is 503. The lowest BCUT2D eigenvalue weighted by atomic mass is 9.90. The van der Waals surface area contributed by atoms with Crippen molar-refractivity contribution in [3.63, 3.8) is 0 Å². The van der Waals surface area contributed by atoms with Crippen molar-refractivity contribution in [2.75, 3.05) is 18.0 Å². The Hall–Kier alpha value is -0.800. The Kier molecular flexibility index (Phi) is 3.67. The minimum absolute atomic E-state index is 0.156. The van der Waals surface area contributed by atoms with Gasteiger partial charge in [0.25, 0.3) is 0 Å². The number of anilines is 1. The summed E-state index contributed by atoms with van der Waals surface area (Å²) in [5, 5.41) is 4.25. The van der Waals surface area contributed by atoms with Gasteiger partial charge < -0.3 is 10.2 Å². The number of rotatable bonds is 3. The molecule has 2 atom stereocenters. The second-order valence-corrected chi connectivity index (χ2v) is 6.77. The number of halogens is 2. The summed E-state index contributed by atoms with van der Waals surface area (Å²) in [4.78, 5) is 2.37. The maximum absolute atomic E-state index is 13.3. The first kappa shape index (κ1) is 14.2. The number of hydrogen-bond donors (Lipinski definition) is 1. The van der Waals surface area contributed by atoms with Gasteiger partial charge in [-0.1, -0.05) is 18.5 Å². The van der Waals surface area contributed by atoms with Crippen LogP contribution in [0.5, 0.6) is 0 Å². The van der Waals surface area contributed by atoms with Crippen LogP contribution in [-0.2, 0) is 0 Å². The topological polar surface area (TPSA) is 15.3 Å². The molecule has 1 aromatic carbocycles. The molecule has 0 aromatic heterocycles. The van der Waals surface area contributed by atoms with Crippen LogP contribution >= 0.6 is 11.6 Å². The van der Waals surface area contributed by atoms with E-state index in [-0.39, 0.29) is 11.4 Å². The van der Waals surface area contributed by atoms with Gasteiger partial charge in [-0.2, -0.15) is 0 Å². The monoisotopic (exact) mass is 296 g/mol. The van der Waals surface area contributed by atoms with Crippen molar-refractivity contribution in [1.29, 1.82) is 0 Å². The van der Waals surface area contributed by atoms with Crippen molar-refractivity contribution in [2.45, 2.75) is 44.7 Å². The van der Waals surface area contributed by atoms with E-state index in [9.17, 15) is 4.39 Å². The van der Waals surface area contributed by atoms with Gasteiger partial charge in [-0.15, -0.1) is 0 Å². The molecule has 110 valence electrons. The average Bonchev–Trinajstić information content (AvgIpc) is 3.23. The zero-order valence-corrected chi connectivity index (χ0v) is 12.9. The molecular weight excluding hydrogens is 275 g/mol. The molecule has 1 N–H and O–H groups in total. The molecule has 1 aliphatic carbocycles. The zero-order valence-electron chi connectivity index (χ0n) is 12.1. The van der Waals surface area contributed by atoms with Crippen LogP contribution in [0.25, 0.3) is 0 Å². The largest absolute Gasteiger partial charge is 0.364 e. The van der Waals surface area contributed by atoms with Crippen LogP contribution in [0.2, 0.25) is 5.02 Å². The Balaban J connectivity index is 1.90. The van der Waals surface area contributed by atoms with Crippen LogP contribution in [0.3, 0.4) is 0 Å². The molecule has 1 aliphatic heterocycles. The molecule has 3 rings (SSSR count). The smallest absolute Gasteiger partial charge is 0.124 e. The molecule has 0 spiro atoms. The fourth-order valence-corrected chi connectivity index (χ4v) is 3.63. The van der Waals surface area contributed by atoms with Crippen molar-refractivity contribution < 1.29 is 4.39 Å². The van der Waals surface area contributed by atoms with E-state index < -0.39 is 0 Å². The Morgan fingerprint density at radius 1 is 1.45 bits per heavy atom. The number of benzene rings is 1. The van der Waals surface area contributed by atoms with E-state index in [0.717, 1.165) is 31.1 Å². The lowest BCUT2D eigenvalue weighted by Crippen LogP contribution is -2.64. The molecule has 2 nitrogen and oxygen atoms in total. The summed E-state index contributed by atoms with van der Waals surface area (Å²) in [5.74, 6) is 0.494. The van der Waals surface area contributed by atoms with Gasteiger partial charge in [-0.3, -0.25) is 0 Å². The van der Waals surface area contributed by atoms with E-state index in [1.807, 2.05) is 6.07 Å². The third kappa shape index (κ3) is 2.53. The molecule has 0 bridgehead atoms.